The molecule has 6 nitrogen and oxygen atoms in total. The minimum atomic E-state index is -0.310. The molecule has 1 heterocycles. The molecule has 24 heavy (non-hydrogen) atoms. The summed E-state index contributed by atoms with van der Waals surface area (Å²) in [6, 6.07) is 10.7. The van der Waals surface area contributed by atoms with Crippen LogP contribution in [0.4, 0.5) is 0 Å². The molecule has 0 saturated carbocycles. The molecule has 2 aromatic rings. The summed E-state index contributed by atoms with van der Waals surface area (Å²) in [5.74, 6) is 0.424. The van der Waals surface area contributed by atoms with Crippen LogP contribution in [0.25, 0.3) is 6.08 Å². The van der Waals surface area contributed by atoms with Crippen molar-refractivity contribution in [2.45, 2.75) is 6.92 Å². The number of nitrogens with one attached hydrogen (secondary N) is 2. The molecule has 126 valence electrons. The highest BCUT2D eigenvalue weighted by molar-refractivity contribution is 5.92. The Morgan fingerprint density at radius 1 is 1.12 bits per heavy atom. The quantitative estimate of drug-likeness (QED) is 0.575. The molecule has 0 fully saturated rings. The Bertz CT molecular complexity index is 693. The van der Waals surface area contributed by atoms with Gasteiger partial charge in [0.15, 0.2) is 5.76 Å². The van der Waals surface area contributed by atoms with Crippen molar-refractivity contribution in [3.63, 3.8) is 0 Å². The third kappa shape index (κ3) is 5.31. The molecule has 0 aliphatic carbocycles. The fraction of sp³-hybridized carbons (Fsp3) is 0.222. The Morgan fingerprint density at radius 2 is 1.92 bits per heavy atom. The Labute approximate surface area is 140 Å². The van der Waals surface area contributed by atoms with Gasteiger partial charge in [0.25, 0.3) is 5.91 Å². The van der Waals surface area contributed by atoms with Crippen LogP contribution in [0.5, 0.6) is 5.75 Å². The normalized spacial score (nSPS) is 10.5. The maximum atomic E-state index is 11.8. The predicted octanol–water partition coefficient (Wildman–Crippen LogP) is 2.24. The summed E-state index contributed by atoms with van der Waals surface area (Å²) in [7, 11) is 0. The van der Waals surface area contributed by atoms with Crippen LogP contribution in [0.2, 0.25) is 0 Å². The molecule has 0 aliphatic rings. The molecule has 0 saturated heterocycles. The van der Waals surface area contributed by atoms with Crippen LogP contribution in [0.3, 0.4) is 0 Å². The van der Waals surface area contributed by atoms with Gasteiger partial charge in [-0.05, 0) is 31.2 Å². The van der Waals surface area contributed by atoms with E-state index >= 15 is 0 Å². The highest BCUT2D eigenvalue weighted by atomic mass is 16.5. The van der Waals surface area contributed by atoms with Crippen molar-refractivity contribution in [2.24, 2.45) is 0 Å². The fourth-order valence-corrected chi connectivity index (χ4v) is 1.99. The average Bonchev–Trinajstić information content (AvgIpc) is 3.13. The minimum absolute atomic E-state index is 0.242. The molecule has 2 N–H and O–H groups in total. The van der Waals surface area contributed by atoms with Crippen LogP contribution in [-0.4, -0.2) is 31.5 Å². The number of carbonyl (C=O) groups excluding carboxylic acids is 2. The van der Waals surface area contributed by atoms with Gasteiger partial charge in [0.05, 0.1) is 12.9 Å². The van der Waals surface area contributed by atoms with Crippen molar-refractivity contribution < 1.29 is 18.7 Å². The van der Waals surface area contributed by atoms with Crippen molar-refractivity contribution in [3.8, 4) is 5.75 Å². The summed E-state index contributed by atoms with van der Waals surface area (Å²) < 4.78 is 10.5. The molecule has 0 atom stereocenters. The molecule has 0 unspecified atom stereocenters. The lowest BCUT2D eigenvalue weighted by atomic mass is 10.2. The third-order valence-electron chi connectivity index (χ3n) is 3.09. The number of hydrogen-bond donors (Lipinski definition) is 2. The monoisotopic (exact) mass is 328 g/mol. The molecular formula is C18H20N2O4. The first-order valence-electron chi connectivity index (χ1n) is 7.70. The number of hydrogen-bond acceptors (Lipinski definition) is 4. The molecule has 1 aromatic carbocycles. The second-order valence-electron chi connectivity index (χ2n) is 4.83. The van der Waals surface area contributed by atoms with Crippen LogP contribution in [0.1, 0.15) is 23.0 Å². The van der Waals surface area contributed by atoms with E-state index in [2.05, 4.69) is 10.6 Å². The summed E-state index contributed by atoms with van der Waals surface area (Å²) in [5, 5.41) is 5.34. The molecule has 2 amide bonds. The number of amides is 2. The van der Waals surface area contributed by atoms with Gasteiger partial charge in [-0.1, -0.05) is 18.2 Å². The molecular weight excluding hydrogens is 308 g/mol. The van der Waals surface area contributed by atoms with E-state index in [1.54, 1.807) is 18.2 Å². The van der Waals surface area contributed by atoms with E-state index in [0.29, 0.717) is 19.7 Å². The number of benzene rings is 1. The Balaban J connectivity index is 1.74. The first-order chi connectivity index (χ1) is 11.7. The first-order valence-corrected chi connectivity index (χ1v) is 7.70. The molecule has 6 heteroatoms. The first kappa shape index (κ1) is 17.3. The fourth-order valence-electron chi connectivity index (χ4n) is 1.99. The van der Waals surface area contributed by atoms with Gasteiger partial charge in [0.1, 0.15) is 5.75 Å². The van der Waals surface area contributed by atoms with Crippen LogP contribution >= 0.6 is 0 Å². The molecule has 0 spiro atoms. The van der Waals surface area contributed by atoms with Gasteiger partial charge in [-0.3, -0.25) is 9.59 Å². The van der Waals surface area contributed by atoms with Gasteiger partial charge in [-0.2, -0.15) is 0 Å². The van der Waals surface area contributed by atoms with E-state index < -0.39 is 0 Å². The smallest absolute Gasteiger partial charge is 0.287 e. The standard InChI is InChI=1S/C18H20N2O4/c1-2-23-15-7-4-3-6-14(15)9-10-17(21)19-11-12-20-18(22)16-8-5-13-24-16/h3-10,13H,2,11-12H2,1H3,(H,19,21)(H,20,22)/b10-9+. The lowest BCUT2D eigenvalue weighted by Gasteiger charge is -2.06. The second kappa shape index (κ2) is 9.19. The summed E-state index contributed by atoms with van der Waals surface area (Å²) in [5.41, 5.74) is 0.834. The summed E-state index contributed by atoms with van der Waals surface area (Å²) in [6.45, 7) is 3.11. The Hall–Kier alpha value is -3.02. The third-order valence-corrected chi connectivity index (χ3v) is 3.09. The molecule has 2 rings (SSSR count). The van der Waals surface area contributed by atoms with E-state index in [9.17, 15) is 9.59 Å². The van der Waals surface area contributed by atoms with Crippen LogP contribution in [0, 0.1) is 0 Å². The Kier molecular flexibility index (Phi) is 6.64. The predicted molar refractivity (Wildman–Crippen MR) is 90.7 cm³/mol. The van der Waals surface area contributed by atoms with Gasteiger partial charge in [0, 0.05) is 24.7 Å². The molecule has 0 aliphatic heterocycles. The van der Waals surface area contributed by atoms with Gasteiger partial charge >= 0.3 is 0 Å². The van der Waals surface area contributed by atoms with Crippen molar-refractivity contribution >= 4 is 17.9 Å². The van der Waals surface area contributed by atoms with E-state index in [0.717, 1.165) is 11.3 Å². The van der Waals surface area contributed by atoms with Crippen molar-refractivity contribution in [2.75, 3.05) is 19.7 Å². The minimum Gasteiger partial charge on any atom is -0.493 e. The topological polar surface area (TPSA) is 80.6 Å². The molecule has 0 bridgehead atoms. The molecule has 0 radical (unpaired) electrons. The zero-order valence-electron chi connectivity index (χ0n) is 13.5. The summed E-state index contributed by atoms with van der Waals surface area (Å²) in [6.07, 6.45) is 4.57. The van der Waals surface area contributed by atoms with Crippen LogP contribution in [0.15, 0.2) is 53.2 Å². The van der Waals surface area contributed by atoms with Crippen LogP contribution < -0.4 is 15.4 Å². The maximum Gasteiger partial charge on any atom is 0.287 e. The van der Waals surface area contributed by atoms with Gasteiger partial charge in [0.2, 0.25) is 5.91 Å². The van der Waals surface area contributed by atoms with E-state index in [-0.39, 0.29) is 17.6 Å². The lowest BCUT2D eigenvalue weighted by Crippen LogP contribution is -2.33. The van der Waals surface area contributed by atoms with Crippen molar-refractivity contribution in [1.29, 1.82) is 0 Å². The van der Waals surface area contributed by atoms with Gasteiger partial charge < -0.3 is 19.8 Å². The van der Waals surface area contributed by atoms with Gasteiger partial charge in [-0.25, -0.2) is 0 Å². The highest BCUT2D eigenvalue weighted by Crippen LogP contribution is 2.19. The highest BCUT2D eigenvalue weighted by Gasteiger charge is 2.06. The summed E-state index contributed by atoms with van der Waals surface area (Å²) >= 11 is 0. The second-order valence-corrected chi connectivity index (χ2v) is 4.83. The van der Waals surface area contributed by atoms with Gasteiger partial charge in [-0.15, -0.1) is 0 Å². The Morgan fingerprint density at radius 3 is 2.67 bits per heavy atom. The largest absolute Gasteiger partial charge is 0.493 e. The van der Waals surface area contributed by atoms with Crippen molar-refractivity contribution in [1.82, 2.24) is 10.6 Å². The number of para-hydroxylation sites is 1. The number of furan rings is 1. The number of ether oxygens (including phenoxy) is 1. The SMILES string of the molecule is CCOc1ccccc1/C=C/C(=O)NCCNC(=O)c1ccco1. The van der Waals surface area contributed by atoms with E-state index in [1.807, 2.05) is 31.2 Å². The van der Waals surface area contributed by atoms with Crippen molar-refractivity contribution in [3.05, 3.63) is 60.1 Å². The molecule has 1 aromatic heterocycles. The average molecular weight is 328 g/mol. The lowest BCUT2D eigenvalue weighted by molar-refractivity contribution is -0.116. The van der Waals surface area contributed by atoms with E-state index in [4.69, 9.17) is 9.15 Å². The zero-order valence-corrected chi connectivity index (χ0v) is 13.5. The zero-order chi connectivity index (χ0) is 17.2. The van der Waals surface area contributed by atoms with Crippen LogP contribution in [-0.2, 0) is 4.79 Å². The number of carbonyl (C=O) groups is 2. The maximum absolute atomic E-state index is 11.8. The van der Waals surface area contributed by atoms with E-state index in [1.165, 1.54) is 12.3 Å². The number of rotatable bonds is 8. The summed E-state index contributed by atoms with van der Waals surface area (Å²) in [4.78, 5) is 23.4.